The third-order valence-electron chi connectivity index (χ3n) is 3.44. The number of rotatable bonds is 0. The SMILES string of the molecule is Cc1ccc2c(c1)CCCC2.Cc1ccccc1. The van der Waals surface area contributed by atoms with Crippen LogP contribution in [0.5, 0.6) is 0 Å². The molecular formula is C18H22. The summed E-state index contributed by atoms with van der Waals surface area (Å²) in [5.74, 6) is 0. The van der Waals surface area contributed by atoms with Gasteiger partial charge in [-0.15, -0.1) is 0 Å². The van der Waals surface area contributed by atoms with Crippen LogP contribution in [0.15, 0.2) is 48.5 Å². The van der Waals surface area contributed by atoms with Crippen molar-refractivity contribution in [2.24, 2.45) is 0 Å². The van der Waals surface area contributed by atoms with Gasteiger partial charge in [-0.25, -0.2) is 0 Å². The minimum Gasteiger partial charge on any atom is -0.0622 e. The normalized spacial score (nSPS) is 13.2. The van der Waals surface area contributed by atoms with Gasteiger partial charge >= 0.3 is 0 Å². The van der Waals surface area contributed by atoms with E-state index in [9.17, 15) is 0 Å². The lowest BCUT2D eigenvalue weighted by Gasteiger charge is -2.15. The maximum Gasteiger partial charge on any atom is -0.0276 e. The largest absolute Gasteiger partial charge is 0.0622 e. The molecule has 0 aromatic heterocycles. The molecule has 0 saturated heterocycles. The van der Waals surface area contributed by atoms with Gasteiger partial charge in [-0.3, -0.25) is 0 Å². The fourth-order valence-corrected chi connectivity index (χ4v) is 2.40. The van der Waals surface area contributed by atoms with Crippen LogP contribution < -0.4 is 0 Å². The van der Waals surface area contributed by atoms with Crippen LogP contribution in [0.25, 0.3) is 0 Å². The molecule has 0 N–H and O–H groups in total. The van der Waals surface area contributed by atoms with Crippen molar-refractivity contribution in [3.8, 4) is 0 Å². The van der Waals surface area contributed by atoms with Crippen LogP contribution in [-0.2, 0) is 12.8 Å². The molecule has 0 heterocycles. The molecule has 0 amide bonds. The molecular weight excluding hydrogens is 216 g/mol. The van der Waals surface area contributed by atoms with Crippen LogP contribution in [0.3, 0.4) is 0 Å². The molecule has 0 spiro atoms. The summed E-state index contributed by atoms with van der Waals surface area (Å²) < 4.78 is 0. The van der Waals surface area contributed by atoms with Crippen molar-refractivity contribution in [3.05, 3.63) is 70.8 Å². The predicted octanol–water partition coefficient (Wildman–Crippen LogP) is 4.87. The average molecular weight is 238 g/mol. The average Bonchev–Trinajstić information content (AvgIpc) is 2.40. The van der Waals surface area contributed by atoms with Gasteiger partial charge < -0.3 is 0 Å². The molecule has 1 aliphatic carbocycles. The fraction of sp³-hybridized carbons (Fsp3) is 0.333. The Kier molecular flexibility index (Phi) is 4.58. The van der Waals surface area contributed by atoms with E-state index in [0.29, 0.717) is 0 Å². The van der Waals surface area contributed by atoms with E-state index in [-0.39, 0.29) is 0 Å². The number of hydrogen-bond acceptors (Lipinski definition) is 0. The number of benzene rings is 2. The Balaban J connectivity index is 0.000000149. The van der Waals surface area contributed by atoms with Gasteiger partial charge in [0.15, 0.2) is 0 Å². The minimum absolute atomic E-state index is 1.30. The zero-order valence-electron chi connectivity index (χ0n) is 11.4. The second-order valence-electron chi connectivity index (χ2n) is 5.13. The Labute approximate surface area is 111 Å². The summed E-state index contributed by atoms with van der Waals surface area (Å²) in [7, 11) is 0. The molecule has 0 bridgehead atoms. The maximum atomic E-state index is 2.34. The van der Waals surface area contributed by atoms with Gasteiger partial charge in [-0.2, -0.15) is 0 Å². The smallest absolute Gasteiger partial charge is 0.0276 e. The van der Waals surface area contributed by atoms with E-state index in [1.54, 1.807) is 11.1 Å². The van der Waals surface area contributed by atoms with Gasteiger partial charge in [0.2, 0.25) is 0 Å². The van der Waals surface area contributed by atoms with Crippen LogP contribution in [0.4, 0.5) is 0 Å². The lowest BCUT2D eigenvalue weighted by atomic mass is 9.91. The van der Waals surface area contributed by atoms with E-state index >= 15 is 0 Å². The van der Waals surface area contributed by atoms with Gasteiger partial charge in [0.1, 0.15) is 0 Å². The quantitative estimate of drug-likeness (QED) is 0.614. The standard InChI is InChI=1S/C11H14.C7H8/c1-9-6-7-10-4-2-3-5-11(10)8-9;1-7-5-3-2-4-6-7/h6-8H,2-5H2,1H3;2-6H,1H3. The fourth-order valence-electron chi connectivity index (χ4n) is 2.40. The van der Waals surface area contributed by atoms with Crippen LogP contribution in [0.2, 0.25) is 0 Å². The predicted molar refractivity (Wildman–Crippen MR) is 79.0 cm³/mol. The highest BCUT2D eigenvalue weighted by Crippen LogP contribution is 2.21. The lowest BCUT2D eigenvalue weighted by molar-refractivity contribution is 0.685. The molecule has 0 fully saturated rings. The summed E-state index contributed by atoms with van der Waals surface area (Å²) in [6, 6.07) is 17.1. The van der Waals surface area contributed by atoms with Crippen LogP contribution >= 0.6 is 0 Å². The Bertz CT molecular complexity index is 483. The van der Waals surface area contributed by atoms with Crippen molar-refractivity contribution in [1.82, 2.24) is 0 Å². The first kappa shape index (κ1) is 12.9. The van der Waals surface area contributed by atoms with Crippen LogP contribution in [0.1, 0.15) is 35.1 Å². The number of fused-ring (bicyclic) bond motifs is 1. The zero-order chi connectivity index (χ0) is 12.8. The topological polar surface area (TPSA) is 0 Å². The summed E-state index contributed by atoms with van der Waals surface area (Å²) >= 11 is 0. The molecule has 0 unspecified atom stereocenters. The Morgan fingerprint density at radius 2 is 1.33 bits per heavy atom. The van der Waals surface area contributed by atoms with Crippen LogP contribution in [-0.4, -0.2) is 0 Å². The highest BCUT2D eigenvalue weighted by molar-refractivity contribution is 5.33. The number of aryl methyl sites for hydroxylation is 4. The number of hydrogen-bond donors (Lipinski definition) is 0. The first-order valence-electron chi connectivity index (χ1n) is 6.86. The van der Waals surface area contributed by atoms with Gasteiger partial charge in [-0.1, -0.05) is 59.7 Å². The van der Waals surface area contributed by atoms with Crippen molar-refractivity contribution in [2.75, 3.05) is 0 Å². The van der Waals surface area contributed by atoms with Crippen molar-refractivity contribution in [3.63, 3.8) is 0 Å². The van der Waals surface area contributed by atoms with Crippen molar-refractivity contribution >= 4 is 0 Å². The molecule has 2 aromatic carbocycles. The molecule has 0 radical (unpaired) electrons. The van der Waals surface area contributed by atoms with Gasteiger partial charge in [0, 0.05) is 0 Å². The lowest BCUT2D eigenvalue weighted by Crippen LogP contribution is -2.01. The first-order chi connectivity index (χ1) is 8.75. The summed E-state index contributed by atoms with van der Waals surface area (Å²) in [6.45, 7) is 4.26. The Hall–Kier alpha value is -1.56. The monoisotopic (exact) mass is 238 g/mol. The van der Waals surface area contributed by atoms with E-state index in [2.05, 4.69) is 44.2 Å². The highest BCUT2D eigenvalue weighted by Gasteiger charge is 2.07. The van der Waals surface area contributed by atoms with E-state index in [1.165, 1.54) is 36.8 Å². The van der Waals surface area contributed by atoms with E-state index in [4.69, 9.17) is 0 Å². The van der Waals surface area contributed by atoms with Crippen molar-refractivity contribution < 1.29 is 0 Å². The Morgan fingerprint density at radius 3 is 1.94 bits per heavy atom. The molecule has 0 nitrogen and oxygen atoms in total. The van der Waals surface area contributed by atoms with Gasteiger partial charge in [0.05, 0.1) is 0 Å². The molecule has 0 saturated carbocycles. The van der Waals surface area contributed by atoms with E-state index in [1.807, 2.05) is 18.2 Å². The van der Waals surface area contributed by atoms with Crippen molar-refractivity contribution in [1.29, 1.82) is 0 Å². The zero-order valence-corrected chi connectivity index (χ0v) is 11.4. The molecule has 1 aliphatic rings. The first-order valence-corrected chi connectivity index (χ1v) is 6.86. The van der Waals surface area contributed by atoms with E-state index in [0.717, 1.165) is 0 Å². The molecule has 2 aromatic rings. The molecule has 3 rings (SSSR count). The van der Waals surface area contributed by atoms with Crippen LogP contribution in [0, 0.1) is 13.8 Å². The Morgan fingerprint density at radius 1 is 0.667 bits per heavy atom. The minimum atomic E-state index is 1.30. The third-order valence-corrected chi connectivity index (χ3v) is 3.44. The summed E-state index contributed by atoms with van der Waals surface area (Å²) in [6.07, 6.45) is 5.37. The maximum absolute atomic E-state index is 2.34. The van der Waals surface area contributed by atoms with Crippen molar-refractivity contribution in [2.45, 2.75) is 39.5 Å². The summed E-state index contributed by atoms with van der Waals surface area (Å²) in [5.41, 5.74) is 5.91. The van der Waals surface area contributed by atoms with E-state index < -0.39 is 0 Å². The van der Waals surface area contributed by atoms with Gasteiger partial charge in [-0.05, 0) is 50.7 Å². The molecule has 0 heteroatoms. The summed E-state index contributed by atoms with van der Waals surface area (Å²) in [4.78, 5) is 0. The molecule has 18 heavy (non-hydrogen) atoms. The third kappa shape index (κ3) is 3.73. The molecule has 0 atom stereocenters. The highest BCUT2D eigenvalue weighted by atomic mass is 14.1. The van der Waals surface area contributed by atoms with Gasteiger partial charge in [0.25, 0.3) is 0 Å². The molecule has 0 aliphatic heterocycles. The molecule has 94 valence electrons. The second-order valence-corrected chi connectivity index (χ2v) is 5.13. The second kappa shape index (κ2) is 6.39. The summed E-state index contributed by atoms with van der Waals surface area (Å²) in [5, 5.41) is 0.